The minimum atomic E-state index is -0.431. The highest BCUT2D eigenvalue weighted by atomic mass is 16.5. The lowest BCUT2D eigenvalue weighted by atomic mass is 9.85. The van der Waals surface area contributed by atoms with Crippen molar-refractivity contribution < 1.29 is 19.0 Å². The van der Waals surface area contributed by atoms with Crippen molar-refractivity contribution in [1.29, 1.82) is 0 Å². The number of methoxy groups -OCH3 is 3. The fraction of sp³-hybridized carbons (Fsp3) is 0.421. The molecule has 1 N–H and O–H groups in total. The van der Waals surface area contributed by atoms with Gasteiger partial charge >= 0.3 is 0 Å². The van der Waals surface area contributed by atoms with Gasteiger partial charge in [-0.2, -0.15) is 10.1 Å². The van der Waals surface area contributed by atoms with Crippen LogP contribution in [0.2, 0.25) is 0 Å². The number of Topliss-reactive ketones (excluding diaryl/α,β-unsaturated/α-hetero) is 1. The van der Waals surface area contributed by atoms with Gasteiger partial charge in [0.25, 0.3) is 0 Å². The van der Waals surface area contributed by atoms with E-state index in [-0.39, 0.29) is 5.78 Å². The van der Waals surface area contributed by atoms with Crippen molar-refractivity contribution in [1.82, 2.24) is 14.8 Å². The van der Waals surface area contributed by atoms with E-state index in [0.717, 1.165) is 24.1 Å². The van der Waals surface area contributed by atoms with Gasteiger partial charge in [-0.05, 0) is 31.9 Å². The molecule has 0 spiro atoms. The summed E-state index contributed by atoms with van der Waals surface area (Å²) in [4.78, 5) is 17.3. The minimum Gasteiger partial charge on any atom is -0.493 e. The summed E-state index contributed by atoms with van der Waals surface area (Å²) in [6.45, 7) is 1.83. The molecule has 2 heterocycles. The standard InChI is InChI=1S/C19H22N4O4/c1-10-20-19-21-12-6-5-7-13(24)15(12)16(23(19)22-10)11-8-9-14(25-2)18(27-4)17(11)26-3/h8-9,16H,5-7H2,1-4H3,(H,20,21,22). The number of allylic oxidation sites excluding steroid dienone is 2. The first kappa shape index (κ1) is 17.4. The fourth-order valence-corrected chi connectivity index (χ4v) is 3.89. The molecule has 0 fully saturated rings. The summed E-state index contributed by atoms with van der Waals surface area (Å²) in [5.74, 6) is 2.94. The molecule has 0 saturated heterocycles. The molecule has 4 rings (SSSR count). The van der Waals surface area contributed by atoms with Crippen molar-refractivity contribution in [2.75, 3.05) is 26.6 Å². The zero-order chi connectivity index (χ0) is 19.1. The number of fused-ring (bicyclic) bond motifs is 1. The van der Waals surface area contributed by atoms with Gasteiger partial charge in [-0.3, -0.25) is 4.79 Å². The molecule has 27 heavy (non-hydrogen) atoms. The number of ether oxygens (including phenoxy) is 3. The molecule has 1 aromatic heterocycles. The number of nitrogens with zero attached hydrogens (tertiary/aromatic N) is 3. The maximum Gasteiger partial charge on any atom is 0.226 e. The van der Waals surface area contributed by atoms with Crippen LogP contribution in [0.1, 0.15) is 36.7 Å². The topological polar surface area (TPSA) is 87.5 Å². The number of anilines is 1. The molecule has 2 aromatic rings. The van der Waals surface area contributed by atoms with E-state index in [2.05, 4.69) is 15.4 Å². The van der Waals surface area contributed by atoms with E-state index in [1.165, 1.54) is 0 Å². The number of ketones is 1. The van der Waals surface area contributed by atoms with Crippen LogP contribution in [0, 0.1) is 6.92 Å². The lowest BCUT2D eigenvalue weighted by Gasteiger charge is -2.33. The van der Waals surface area contributed by atoms with Crippen LogP contribution in [0.25, 0.3) is 0 Å². The summed E-state index contributed by atoms with van der Waals surface area (Å²) < 4.78 is 18.4. The highest BCUT2D eigenvalue weighted by molar-refractivity contribution is 5.99. The zero-order valence-corrected chi connectivity index (χ0v) is 15.8. The molecule has 8 heteroatoms. The van der Waals surface area contributed by atoms with E-state index >= 15 is 0 Å². The summed E-state index contributed by atoms with van der Waals surface area (Å²) in [5, 5.41) is 7.83. The molecule has 1 atom stereocenters. The summed E-state index contributed by atoms with van der Waals surface area (Å²) in [6.07, 6.45) is 2.16. The number of rotatable bonds is 4. The van der Waals surface area contributed by atoms with Crippen LogP contribution < -0.4 is 19.5 Å². The smallest absolute Gasteiger partial charge is 0.226 e. The molecule has 1 aliphatic carbocycles. The molecular formula is C19H22N4O4. The van der Waals surface area contributed by atoms with E-state index in [4.69, 9.17) is 14.2 Å². The molecule has 1 aromatic carbocycles. The largest absolute Gasteiger partial charge is 0.493 e. The van der Waals surface area contributed by atoms with E-state index in [1.807, 2.05) is 19.1 Å². The third-order valence-electron chi connectivity index (χ3n) is 5.00. The Kier molecular flexibility index (Phi) is 4.25. The Morgan fingerprint density at radius 3 is 2.59 bits per heavy atom. The lowest BCUT2D eigenvalue weighted by molar-refractivity contribution is -0.116. The summed E-state index contributed by atoms with van der Waals surface area (Å²) >= 11 is 0. The van der Waals surface area contributed by atoms with Crippen molar-refractivity contribution in [3.8, 4) is 17.2 Å². The van der Waals surface area contributed by atoms with Gasteiger partial charge < -0.3 is 19.5 Å². The first-order valence-electron chi connectivity index (χ1n) is 8.84. The third-order valence-corrected chi connectivity index (χ3v) is 5.00. The third kappa shape index (κ3) is 2.63. The minimum absolute atomic E-state index is 0.115. The monoisotopic (exact) mass is 370 g/mol. The number of carbonyl (C=O) groups excluding carboxylic acids is 1. The molecule has 0 saturated carbocycles. The molecule has 1 aliphatic heterocycles. The average Bonchev–Trinajstić information content (AvgIpc) is 3.04. The molecule has 2 aliphatic rings. The summed E-state index contributed by atoms with van der Waals surface area (Å²) in [5.41, 5.74) is 2.41. The summed E-state index contributed by atoms with van der Waals surface area (Å²) in [6, 6.07) is 3.28. The highest BCUT2D eigenvalue weighted by Crippen LogP contribution is 2.48. The number of nitrogens with one attached hydrogen (secondary N) is 1. The lowest BCUT2D eigenvalue weighted by Crippen LogP contribution is -2.31. The van der Waals surface area contributed by atoms with Crippen LogP contribution in [0.5, 0.6) is 17.2 Å². The quantitative estimate of drug-likeness (QED) is 0.885. The normalized spacial score (nSPS) is 18.5. The number of hydrogen-bond acceptors (Lipinski definition) is 7. The van der Waals surface area contributed by atoms with E-state index in [1.54, 1.807) is 26.0 Å². The van der Waals surface area contributed by atoms with Gasteiger partial charge in [0, 0.05) is 23.3 Å². The van der Waals surface area contributed by atoms with Crippen molar-refractivity contribution in [3.05, 3.63) is 34.8 Å². The molecule has 142 valence electrons. The Morgan fingerprint density at radius 2 is 1.89 bits per heavy atom. The number of aryl methyl sites for hydroxylation is 1. The van der Waals surface area contributed by atoms with Crippen LogP contribution in [-0.4, -0.2) is 41.9 Å². The van der Waals surface area contributed by atoms with Crippen LogP contribution in [0.3, 0.4) is 0 Å². The fourth-order valence-electron chi connectivity index (χ4n) is 3.89. The maximum atomic E-state index is 12.8. The summed E-state index contributed by atoms with van der Waals surface area (Å²) in [7, 11) is 4.72. The number of aromatic nitrogens is 3. The second-order valence-corrected chi connectivity index (χ2v) is 6.55. The molecule has 0 radical (unpaired) electrons. The van der Waals surface area contributed by atoms with Crippen molar-refractivity contribution in [2.45, 2.75) is 32.2 Å². The molecular weight excluding hydrogens is 348 g/mol. The predicted octanol–water partition coefficient (Wildman–Crippen LogP) is 2.63. The number of carbonyl (C=O) groups is 1. The van der Waals surface area contributed by atoms with E-state index in [9.17, 15) is 4.79 Å². The van der Waals surface area contributed by atoms with Crippen molar-refractivity contribution >= 4 is 11.7 Å². The van der Waals surface area contributed by atoms with Gasteiger partial charge in [0.2, 0.25) is 11.7 Å². The van der Waals surface area contributed by atoms with Crippen LogP contribution in [0.15, 0.2) is 23.4 Å². The van der Waals surface area contributed by atoms with Gasteiger partial charge in [-0.15, -0.1) is 0 Å². The average molecular weight is 370 g/mol. The first-order valence-corrected chi connectivity index (χ1v) is 8.84. The highest BCUT2D eigenvalue weighted by Gasteiger charge is 2.38. The Balaban J connectivity index is 1.98. The van der Waals surface area contributed by atoms with Crippen molar-refractivity contribution in [2.24, 2.45) is 0 Å². The van der Waals surface area contributed by atoms with Crippen molar-refractivity contribution in [3.63, 3.8) is 0 Å². The maximum absolute atomic E-state index is 12.8. The van der Waals surface area contributed by atoms with Gasteiger partial charge in [0.1, 0.15) is 11.9 Å². The molecule has 0 bridgehead atoms. The Morgan fingerprint density at radius 1 is 1.11 bits per heavy atom. The predicted molar refractivity (Wildman–Crippen MR) is 98.5 cm³/mol. The van der Waals surface area contributed by atoms with Gasteiger partial charge in [-0.25, -0.2) is 4.68 Å². The molecule has 8 nitrogen and oxygen atoms in total. The van der Waals surface area contributed by atoms with Crippen LogP contribution in [0.4, 0.5) is 5.95 Å². The second-order valence-electron chi connectivity index (χ2n) is 6.55. The Hall–Kier alpha value is -3.03. The first-order chi connectivity index (χ1) is 13.1. The Labute approximate surface area is 157 Å². The second kappa shape index (κ2) is 6.61. The van der Waals surface area contributed by atoms with Gasteiger partial charge in [-0.1, -0.05) is 0 Å². The van der Waals surface area contributed by atoms with Crippen LogP contribution >= 0.6 is 0 Å². The number of benzene rings is 1. The number of hydrogen-bond donors (Lipinski definition) is 1. The zero-order valence-electron chi connectivity index (χ0n) is 15.8. The van der Waals surface area contributed by atoms with E-state index < -0.39 is 6.04 Å². The van der Waals surface area contributed by atoms with E-state index in [0.29, 0.717) is 41.0 Å². The Bertz CT molecular complexity index is 947. The molecule has 0 amide bonds. The van der Waals surface area contributed by atoms with Gasteiger partial charge in [0.15, 0.2) is 17.3 Å². The molecule has 1 unspecified atom stereocenters. The SMILES string of the molecule is COc1ccc(C2C3=C(CCCC3=O)Nc3nc(C)nn32)c(OC)c1OC. The van der Waals surface area contributed by atoms with Gasteiger partial charge in [0.05, 0.1) is 21.3 Å². The van der Waals surface area contributed by atoms with Crippen LogP contribution in [-0.2, 0) is 4.79 Å².